The molecule has 2 heterocycles. The largest absolute Gasteiger partial charge is 0.481 e. The molecule has 1 aromatic rings. The molecule has 1 aromatic heterocycles. The number of carbonyl (C=O) groups excluding carboxylic acids is 5. The minimum Gasteiger partial charge on any atom is -0.481 e. The Balaban J connectivity index is 2.57. The first-order valence-electron chi connectivity index (χ1n) is 24.2. The molecule has 0 bridgehead atoms. The number of hydrogen-bond acceptors (Lipinski definition) is 12. The van der Waals surface area contributed by atoms with E-state index in [1.807, 2.05) is 20.8 Å². The molecule has 1 aliphatic heterocycles. The molecule has 22 heteroatoms. The second-order valence-corrected chi connectivity index (χ2v) is 23.6. The normalized spacial score (nSPS) is 19.5. The van der Waals surface area contributed by atoms with Crippen LogP contribution in [0, 0.1) is 63.1 Å². The van der Waals surface area contributed by atoms with Crippen LogP contribution < -0.4 is 27.0 Å². The van der Waals surface area contributed by atoms with Gasteiger partial charge in [0, 0.05) is 56.0 Å². The van der Waals surface area contributed by atoms with Gasteiger partial charge in [0.1, 0.15) is 0 Å². The Morgan fingerprint density at radius 3 is 1.89 bits per heavy atom. The molecule has 1 fully saturated rings. The number of rotatable bonds is 32. The zero-order valence-electron chi connectivity index (χ0n) is 43.1. The van der Waals surface area contributed by atoms with Crippen molar-refractivity contribution in [1.82, 2.24) is 31.2 Å². The van der Waals surface area contributed by atoms with Crippen LogP contribution in [0.3, 0.4) is 0 Å². The maximum absolute atomic E-state index is 14.5. The topological polar surface area (TPSA) is 337 Å². The summed E-state index contributed by atoms with van der Waals surface area (Å²) in [6.45, 7) is 16.3. The van der Waals surface area contributed by atoms with Gasteiger partial charge in [0.05, 0.1) is 53.3 Å². The monoisotopic (exact) mass is 1040 g/mol. The molecule has 1 saturated heterocycles. The molecule has 0 saturated carbocycles. The van der Waals surface area contributed by atoms with Gasteiger partial charge in [0.2, 0.25) is 29.5 Å². The van der Waals surface area contributed by atoms with Gasteiger partial charge in [-0.2, -0.15) is 25.3 Å². The van der Waals surface area contributed by atoms with Crippen molar-refractivity contribution in [2.75, 3.05) is 25.4 Å². The number of imidazole rings is 1. The summed E-state index contributed by atoms with van der Waals surface area (Å²) < 4.78 is 0. The summed E-state index contributed by atoms with van der Waals surface area (Å²) in [7, 11) is 0. The fourth-order valence-electron chi connectivity index (χ4n) is 10.3. The van der Waals surface area contributed by atoms with E-state index < -0.39 is 142 Å². The first-order valence-corrected chi connectivity index (χ1v) is 25.4. The summed E-state index contributed by atoms with van der Waals surface area (Å²) in [6.07, 6.45) is 4.66. The number of aliphatic carboxylic acids is 4. The van der Waals surface area contributed by atoms with Crippen LogP contribution >= 0.6 is 25.3 Å². The Labute approximate surface area is 428 Å². The number of aromatic amines is 1. The molecule has 402 valence electrons. The van der Waals surface area contributed by atoms with E-state index in [4.69, 9.17) is 5.73 Å². The number of H-pyrrole nitrogens is 1. The number of thiol groups is 2. The molecule has 0 radical (unpaired) electrons. The molecule has 20 nitrogen and oxygen atoms in total. The van der Waals surface area contributed by atoms with Crippen LogP contribution in [-0.2, 0) is 49.6 Å². The predicted molar refractivity (Wildman–Crippen MR) is 271 cm³/mol. The fourth-order valence-corrected chi connectivity index (χ4v) is 11.1. The molecule has 1 aliphatic rings. The summed E-state index contributed by atoms with van der Waals surface area (Å²) >= 11 is 8.74. The number of aromatic nitrogens is 2. The van der Waals surface area contributed by atoms with Gasteiger partial charge >= 0.3 is 23.9 Å². The third-order valence-electron chi connectivity index (χ3n) is 15.1. The van der Waals surface area contributed by atoms with Gasteiger partial charge in [-0.25, -0.2) is 4.98 Å². The summed E-state index contributed by atoms with van der Waals surface area (Å²) in [5.74, 6) is -19.3. The van der Waals surface area contributed by atoms with Gasteiger partial charge in [-0.15, -0.1) is 0 Å². The quantitative estimate of drug-likeness (QED) is 0.0356. The molecular formula is C49H81N7O13S2. The first kappa shape index (κ1) is 62.3. The number of nitrogens with one attached hydrogen (secondary N) is 5. The predicted octanol–water partition coefficient (Wildman–Crippen LogP) is 4.19. The lowest BCUT2D eigenvalue weighted by atomic mass is 9.55. The number of nitrogens with two attached hydrogens (primary N) is 1. The SMILES string of the molecule is CC(C)(CC(C(=O)O)C(C(=O)NCCc1cnc[nH]1)C1(C)CC(C(C(=O)O)C(C)(C)CC(C(=O)O)C(C(=O)NCCNC(=O)CCCCC(S)CCS)C(C)(C)C(C)(C)C)C(=O)N1)C(CC(N)=O)C(=O)O. The molecule has 9 unspecified atom stereocenters. The molecule has 9 atom stereocenters. The smallest absolute Gasteiger partial charge is 0.307 e. The fraction of sp³-hybridized carbons (Fsp3) is 0.755. The molecule has 0 aromatic carbocycles. The van der Waals surface area contributed by atoms with E-state index in [9.17, 15) is 63.6 Å². The Hall–Kier alpha value is -4.86. The maximum Gasteiger partial charge on any atom is 0.307 e. The second kappa shape index (κ2) is 26.2. The van der Waals surface area contributed by atoms with Crippen LogP contribution in [0.4, 0.5) is 0 Å². The van der Waals surface area contributed by atoms with Crippen molar-refractivity contribution < 1.29 is 63.6 Å². The van der Waals surface area contributed by atoms with Crippen LogP contribution in [0.5, 0.6) is 0 Å². The zero-order valence-corrected chi connectivity index (χ0v) is 44.8. The summed E-state index contributed by atoms with van der Waals surface area (Å²) in [5.41, 5.74) is -0.543. The van der Waals surface area contributed by atoms with Crippen LogP contribution in [0.25, 0.3) is 0 Å². The van der Waals surface area contributed by atoms with Crippen LogP contribution in [0.2, 0.25) is 0 Å². The number of hydrogen-bond donors (Lipinski definition) is 12. The molecule has 2 rings (SSSR count). The lowest BCUT2D eigenvalue weighted by molar-refractivity contribution is -0.160. The number of carbonyl (C=O) groups is 9. The third-order valence-corrected chi connectivity index (χ3v) is 15.9. The first-order chi connectivity index (χ1) is 32.6. The molecule has 5 amide bonds. The van der Waals surface area contributed by atoms with Crippen LogP contribution in [0.15, 0.2) is 12.5 Å². The highest BCUT2D eigenvalue weighted by molar-refractivity contribution is 7.81. The second-order valence-electron chi connectivity index (χ2n) is 22.5. The van der Waals surface area contributed by atoms with Crippen LogP contribution in [0.1, 0.15) is 133 Å². The van der Waals surface area contributed by atoms with Crippen molar-refractivity contribution in [3.8, 4) is 0 Å². The molecule has 71 heavy (non-hydrogen) atoms. The maximum atomic E-state index is 14.5. The van der Waals surface area contributed by atoms with Gasteiger partial charge in [0.15, 0.2) is 0 Å². The molecular weight excluding hydrogens is 959 g/mol. The van der Waals surface area contributed by atoms with E-state index in [0.29, 0.717) is 12.1 Å². The number of amides is 5. The highest BCUT2D eigenvalue weighted by Gasteiger charge is 2.60. The van der Waals surface area contributed by atoms with E-state index in [1.54, 1.807) is 13.8 Å². The third kappa shape index (κ3) is 17.4. The Kier molecular flexibility index (Phi) is 23.0. The van der Waals surface area contributed by atoms with E-state index in [1.165, 1.54) is 47.1 Å². The molecule has 11 N–H and O–H groups in total. The Bertz CT molecular complexity index is 2040. The number of primary amides is 1. The van der Waals surface area contributed by atoms with Gasteiger partial charge in [0.25, 0.3) is 0 Å². The Morgan fingerprint density at radius 2 is 1.38 bits per heavy atom. The average molecular weight is 1040 g/mol. The lowest BCUT2D eigenvalue weighted by Gasteiger charge is -2.48. The van der Waals surface area contributed by atoms with Crippen molar-refractivity contribution in [1.29, 1.82) is 0 Å². The molecule has 0 aliphatic carbocycles. The zero-order chi connectivity index (χ0) is 54.4. The minimum atomic E-state index is -1.79. The Morgan fingerprint density at radius 1 is 0.803 bits per heavy atom. The van der Waals surface area contributed by atoms with E-state index in [0.717, 1.165) is 25.0 Å². The van der Waals surface area contributed by atoms with Gasteiger partial charge < -0.3 is 52.4 Å². The van der Waals surface area contributed by atoms with Crippen molar-refractivity contribution in [2.45, 2.75) is 144 Å². The number of carboxylic acids is 4. The number of unbranched alkanes of at least 4 members (excludes halogenated alkanes) is 1. The average Bonchev–Trinajstić information content (AvgIpc) is 3.85. The van der Waals surface area contributed by atoms with Crippen molar-refractivity contribution in [3.63, 3.8) is 0 Å². The van der Waals surface area contributed by atoms with Crippen LogP contribution in [-0.4, -0.2) is 120 Å². The summed E-state index contributed by atoms with van der Waals surface area (Å²) in [6, 6.07) is 0. The van der Waals surface area contributed by atoms with Crippen molar-refractivity contribution in [2.24, 2.45) is 68.8 Å². The van der Waals surface area contributed by atoms with Crippen molar-refractivity contribution >= 4 is 78.7 Å². The summed E-state index contributed by atoms with van der Waals surface area (Å²) in [4.78, 5) is 127. The minimum absolute atomic E-state index is 0.0230. The van der Waals surface area contributed by atoms with E-state index in [-0.39, 0.29) is 43.6 Å². The van der Waals surface area contributed by atoms with E-state index in [2.05, 4.69) is 56.5 Å². The molecule has 0 spiro atoms. The lowest BCUT2D eigenvalue weighted by Crippen LogP contribution is -2.57. The number of carboxylic acid groups (broad SMARTS) is 4. The van der Waals surface area contributed by atoms with Gasteiger partial charge in [-0.3, -0.25) is 43.2 Å². The van der Waals surface area contributed by atoms with Gasteiger partial charge in [-0.1, -0.05) is 68.7 Å². The van der Waals surface area contributed by atoms with E-state index >= 15 is 0 Å². The number of nitrogens with zero attached hydrogens (tertiary/aromatic N) is 1. The highest BCUT2D eigenvalue weighted by atomic mass is 32.1. The van der Waals surface area contributed by atoms with Crippen molar-refractivity contribution in [3.05, 3.63) is 18.2 Å². The summed E-state index contributed by atoms with van der Waals surface area (Å²) in [5, 5.41) is 54.2. The highest BCUT2D eigenvalue weighted by Crippen LogP contribution is 2.53. The van der Waals surface area contributed by atoms with Gasteiger partial charge in [-0.05, 0) is 72.9 Å². The standard InChI is InChI=1S/C49H81N7O13S2/c1-45(2,3)48(8,9)35(39(60)54-19-18-52-34(58)14-12-11-13-28(71)16-20-70)30(41(62)63)23-47(6,7)37(44(68)69)29-24-49(10,56-38(29)59)36(40(61)53-17-15-27-25-51-26-55-27)31(42(64)65)22-46(4,5)32(43(66)67)21-33(50)57/h25-26,28-32,35-37,70-71H,11-24H2,1-10H3,(H2,50,57)(H,51,55)(H,52,58)(H,53,61)(H,54,60)(H,56,59)(H,62,63)(H,64,65)(H,66,67)(H,68,69).